The Morgan fingerprint density at radius 1 is 0.971 bits per heavy atom. The number of carbonyl (C=O) groups is 5. The number of allylic oxidation sites excluding steroid dienone is 3. The van der Waals surface area contributed by atoms with Gasteiger partial charge in [-0.1, -0.05) is 85.3 Å². The molecule has 2 atom stereocenters. The average Bonchev–Trinajstić information content (AvgIpc) is 3.68. The second-order valence-electron chi connectivity index (χ2n) is 19.0. The van der Waals surface area contributed by atoms with Gasteiger partial charge in [0.25, 0.3) is 5.91 Å². The lowest BCUT2D eigenvalue weighted by molar-refractivity contribution is -0.117. The van der Waals surface area contributed by atoms with Gasteiger partial charge in [-0.3, -0.25) is 29.0 Å². The highest BCUT2D eigenvalue weighted by atomic mass is 19.1. The van der Waals surface area contributed by atoms with Crippen LogP contribution in [0.1, 0.15) is 128 Å². The molecule has 0 bridgehead atoms. The molecular formula is C54H81FN8O6. The second kappa shape index (κ2) is 28.7. The largest absolute Gasteiger partial charge is 0.507 e. The fraction of sp³-hybridized carbons (Fsp3) is 0.556. The Hall–Kier alpha value is -5.69. The summed E-state index contributed by atoms with van der Waals surface area (Å²) in [6, 6.07) is 11.9. The number of piperidine rings is 1. The van der Waals surface area contributed by atoms with E-state index in [1.165, 1.54) is 36.9 Å². The number of hydrogen-bond acceptors (Lipinski definition) is 11. The molecule has 0 spiro atoms. The molecular weight excluding hydrogens is 876 g/mol. The summed E-state index contributed by atoms with van der Waals surface area (Å²) in [6.07, 6.45) is 17.4. The van der Waals surface area contributed by atoms with Crippen LogP contribution in [0, 0.1) is 28.1 Å². The van der Waals surface area contributed by atoms with Gasteiger partial charge < -0.3 is 36.1 Å². The Balaban J connectivity index is 0.000000521. The Labute approximate surface area is 411 Å². The number of amides is 4. The number of carbonyl (C=O) groups excluding carboxylic acids is 5. The highest BCUT2D eigenvalue weighted by Crippen LogP contribution is 2.62. The molecule has 0 aromatic heterocycles. The molecule has 5 N–H and O–H groups in total. The monoisotopic (exact) mass is 957 g/mol. The van der Waals surface area contributed by atoms with Crippen molar-refractivity contribution in [1.82, 2.24) is 20.0 Å². The van der Waals surface area contributed by atoms with E-state index in [0.717, 1.165) is 76.2 Å². The third kappa shape index (κ3) is 15.7. The molecule has 15 heteroatoms. The number of hydrogen-bond donors (Lipinski definition) is 4. The Bertz CT molecular complexity index is 2080. The molecule has 2 aromatic rings. The Morgan fingerprint density at radius 3 is 2.09 bits per heavy atom. The van der Waals surface area contributed by atoms with Crippen LogP contribution in [-0.2, 0) is 25.7 Å². The van der Waals surface area contributed by atoms with Gasteiger partial charge in [-0.2, -0.15) is 5.26 Å². The van der Waals surface area contributed by atoms with Gasteiger partial charge in [0.2, 0.25) is 19.2 Å². The highest BCUT2D eigenvalue weighted by Gasteiger charge is 2.54. The maximum Gasteiger partial charge on any atom is 0.254 e. The van der Waals surface area contributed by atoms with Crippen molar-refractivity contribution in [2.75, 3.05) is 63.1 Å². The molecule has 1 saturated carbocycles. The fourth-order valence-electron chi connectivity index (χ4n) is 11.0. The number of fused-ring (bicyclic) bond motifs is 1. The zero-order valence-electron chi connectivity index (χ0n) is 43.0. The molecule has 0 radical (unpaired) electrons. The van der Waals surface area contributed by atoms with E-state index in [0.29, 0.717) is 78.2 Å². The number of nitrogens with two attached hydrogens (primary N) is 1. The minimum absolute atomic E-state index is 0.0245. The molecule has 3 heterocycles. The predicted octanol–water partition coefficient (Wildman–Crippen LogP) is 8.25. The van der Waals surface area contributed by atoms with Crippen LogP contribution in [0.2, 0.25) is 0 Å². The van der Waals surface area contributed by atoms with Gasteiger partial charge in [0, 0.05) is 81.3 Å². The standard InChI is InChI=1S/C37H55FN4O.C11H10N2O2.C2H3NO2.C2H6.CH5N.CH2O/c1-7-8-27(2)42-24-29-23-31(13-14-32(29)34(42)43)41-21-19-39(20-22-41)26-37(38)15-17-40(18-16-37)30-11-9-28(10-12-30)33-35(3,4)25-36(33,5)6;1-2-3-9-10(15)5-4-8(6-12)11(9)13-7-14;4-1-3-2-5;3*1-2/h9-11,13-14,23,27,30,33H,7-8,12,15-22,24-26H2,1-6H3;2-5,7,15H,1H3,(H,13,14);1-2H,(H,3,4,5);1-2H3;2H2,1H3;1H2/b;3-2-;;;;. The molecule has 2 aliphatic carbocycles. The smallest absolute Gasteiger partial charge is 0.254 e. The SMILES string of the molecule is C/C=C\c1c(O)ccc(C#N)c1NC=O.C=O.CC.CCCC(C)N1Cc2cc(N3CCN(CC4(F)CCN(C5C=CC(C6C(C)(C)CC6(C)C)=CC5)CC4)CC3)ccc2C1=O.CN.O=CNC=O. The second-order valence-corrected chi connectivity index (χ2v) is 19.0. The van der Waals surface area contributed by atoms with Gasteiger partial charge in [0.1, 0.15) is 24.3 Å². The fourth-order valence-corrected chi connectivity index (χ4v) is 11.0. The number of alkyl halides is 1. The van der Waals surface area contributed by atoms with E-state index in [-0.39, 0.29) is 17.7 Å². The summed E-state index contributed by atoms with van der Waals surface area (Å²) in [6.45, 7) is 28.3. The van der Waals surface area contributed by atoms with Crippen molar-refractivity contribution in [3.8, 4) is 11.8 Å². The van der Waals surface area contributed by atoms with Crippen molar-refractivity contribution in [2.24, 2.45) is 22.5 Å². The molecule has 3 fully saturated rings. The molecule has 3 aliphatic heterocycles. The van der Waals surface area contributed by atoms with Crippen molar-refractivity contribution in [3.63, 3.8) is 0 Å². The summed E-state index contributed by atoms with van der Waals surface area (Å²) in [5, 5.41) is 22.5. The third-order valence-corrected chi connectivity index (χ3v) is 13.5. The number of anilines is 2. The molecule has 7 rings (SSSR count). The predicted molar refractivity (Wildman–Crippen MR) is 276 cm³/mol. The van der Waals surface area contributed by atoms with E-state index in [9.17, 15) is 14.7 Å². The summed E-state index contributed by atoms with van der Waals surface area (Å²) in [5.41, 5.74) is 9.97. The lowest BCUT2D eigenvalue weighted by Gasteiger charge is -2.59. The van der Waals surface area contributed by atoms with Crippen LogP contribution in [0.5, 0.6) is 5.75 Å². The Morgan fingerprint density at radius 2 is 1.59 bits per heavy atom. The number of halogens is 1. The lowest BCUT2D eigenvalue weighted by Crippen LogP contribution is -2.54. The molecule has 2 saturated heterocycles. The zero-order chi connectivity index (χ0) is 52.0. The van der Waals surface area contributed by atoms with E-state index in [1.54, 1.807) is 24.4 Å². The van der Waals surface area contributed by atoms with Gasteiger partial charge >= 0.3 is 0 Å². The third-order valence-electron chi connectivity index (χ3n) is 13.5. The van der Waals surface area contributed by atoms with E-state index in [1.807, 2.05) is 37.7 Å². The maximum absolute atomic E-state index is 16.1. The molecule has 2 unspecified atom stereocenters. The van der Waals surface area contributed by atoms with Crippen molar-refractivity contribution >= 4 is 49.4 Å². The van der Waals surface area contributed by atoms with Crippen LogP contribution in [0.3, 0.4) is 0 Å². The van der Waals surface area contributed by atoms with Crippen LogP contribution in [-0.4, -0.2) is 122 Å². The number of nitrogens with zero attached hydrogens (tertiary/aromatic N) is 5. The highest BCUT2D eigenvalue weighted by molar-refractivity contribution is 5.99. The molecule has 380 valence electrons. The number of nitriles is 1. The van der Waals surface area contributed by atoms with Crippen LogP contribution in [0.15, 0.2) is 60.2 Å². The van der Waals surface area contributed by atoms with Gasteiger partial charge in [0.05, 0.1) is 11.3 Å². The zero-order valence-corrected chi connectivity index (χ0v) is 43.0. The minimum Gasteiger partial charge on any atom is -0.507 e. The van der Waals surface area contributed by atoms with Crippen molar-refractivity contribution in [2.45, 2.75) is 125 Å². The first-order valence-corrected chi connectivity index (χ1v) is 24.4. The number of aromatic hydroxyl groups is 1. The summed E-state index contributed by atoms with van der Waals surface area (Å²) in [4.78, 5) is 58.7. The number of phenolic OH excluding ortho intramolecular Hbond substituents is 1. The number of phenols is 1. The number of likely N-dealkylation sites (tertiary alicyclic amines) is 1. The number of piperazine rings is 1. The lowest BCUT2D eigenvalue weighted by atomic mass is 9.46. The van der Waals surface area contributed by atoms with Gasteiger partial charge in [-0.15, -0.1) is 0 Å². The first kappa shape index (κ1) is 59.4. The molecule has 2 aromatic carbocycles. The van der Waals surface area contributed by atoms with Crippen molar-refractivity contribution < 1.29 is 33.5 Å². The molecule has 5 aliphatic rings. The quantitative estimate of drug-likeness (QED) is 0.141. The van der Waals surface area contributed by atoms with Crippen molar-refractivity contribution in [3.05, 3.63) is 82.5 Å². The Kier molecular flexibility index (Phi) is 24.7. The summed E-state index contributed by atoms with van der Waals surface area (Å²) in [7, 11) is 1.50. The van der Waals surface area contributed by atoms with E-state index in [2.05, 4.69) is 97.7 Å². The van der Waals surface area contributed by atoms with Gasteiger partial charge in [-0.05, 0) is 111 Å². The molecule has 69 heavy (non-hydrogen) atoms. The van der Waals surface area contributed by atoms with Crippen molar-refractivity contribution in [1.29, 1.82) is 5.26 Å². The maximum atomic E-state index is 16.1. The van der Waals surface area contributed by atoms with E-state index < -0.39 is 5.67 Å². The number of benzene rings is 2. The van der Waals surface area contributed by atoms with Crippen LogP contribution in [0.25, 0.3) is 6.08 Å². The summed E-state index contributed by atoms with van der Waals surface area (Å²) in [5.74, 6) is 0.833. The summed E-state index contributed by atoms with van der Waals surface area (Å²) < 4.78 is 16.1. The molecule has 14 nitrogen and oxygen atoms in total. The first-order valence-electron chi connectivity index (χ1n) is 24.4. The van der Waals surface area contributed by atoms with E-state index in [4.69, 9.17) is 19.6 Å². The number of nitrogens with one attached hydrogen (secondary N) is 2. The minimum atomic E-state index is -1.09. The normalized spacial score (nSPS) is 20.2. The van der Waals surface area contributed by atoms with Crippen LogP contribution < -0.4 is 21.3 Å². The van der Waals surface area contributed by atoms with Crippen LogP contribution >= 0.6 is 0 Å². The summed E-state index contributed by atoms with van der Waals surface area (Å²) >= 11 is 0. The first-order chi connectivity index (χ1) is 33.0. The van der Waals surface area contributed by atoms with Gasteiger partial charge in [0.15, 0.2) is 0 Å². The average molecular weight is 957 g/mol. The van der Waals surface area contributed by atoms with Crippen LogP contribution in [0.4, 0.5) is 15.8 Å². The van der Waals surface area contributed by atoms with E-state index >= 15 is 4.39 Å². The molecule has 4 amide bonds. The number of imide groups is 1. The number of rotatable bonds is 13. The van der Waals surface area contributed by atoms with Gasteiger partial charge in [-0.25, -0.2) is 4.39 Å². The topological polar surface area (TPSA) is 192 Å².